The SMILES string of the molecule is O=C(Nc1ccc(N2CCN(C(=O)c3ccccc3)CC2)cc1)c1ccc(-c2cccc([N+](=O)[O-])c2)o1. The zero-order valence-electron chi connectivity index (χ0n) is 19.9. The molecule has 2 heterocycles. The monoisotopic (exact) mass is 496 g/mol. The fourth-order valence-corrected chi connectivity index (χ4v) is 4.27. The minimum atomic E-state index is -0.478. The Kier molecular flexibility index (Phi) is 6.67. The highest BCUT2D eigenvalue weighted by Crippen LogP contribution is 2.26. The van der Waals surface area contributed by atoms with Crippen molar-refractivity contribution in [1.29, 1.82) is 0 Å². The van der Waals surface area contributed by atoms with Gasteiger partial charge in [-0.2, -0.15) is 0 Å². The summed E-state index contributed by atoms with van der Waals surface area (Å²) in [5, 5.41) is 13.8. The van der Waals surface area contributed by atoms with Crippen LogP contribution in [0.2, 0.25) is 0 Å². The molecule has 1 aliphatic heterocycles. The van der Waals surface area contributed by atoms with Gasteiger partial charge < -0.3 is 19.5 Å². The van der Waals surface area contributed by atoms with Crippen LogP contribution >= 0.6 is 0 Å². The van der Waals surface area contributed by atoms with Gasteiger partial charge in [0.25, 0.3) is 17.5 Å². The second-order valence-electron chi connectivity index (χ2n) is 8.62. The van der Waals surface area contributed by atoms with Gasteiger partial charge in [0.15, 0.2) is 5.76 Å². The lowest BCUT2D eigenvalue weighted by molar-refractivity contribution is -0.384. The second kappa shape index (κ2) is 10.4. The van der Waals surface area contributed by atoms with Crippen LogP contribution in [0.5, 0.6) is 0 Å². The average molecular weight is 497 g/mol. The summed E-state index contributed by atoms with van der Waals surface area (Å²) in [6.45, 7) is 2.71. The molecule has 0 unspecified atom stereocenters. The molecule has 5 rings (SSSR count). The number of nitro groups is 1. The number of carbonyl (C=O) groups is 2. The van der Waals surface area contributed by atoms with Crippen LogP contribution in [0.15, 0.2) is 95.4 Å². The number of benzene rings is 3. The molecule has 1 N–H and O–H groups in total. The fraction of sp³-hybridized carbons (Fsp3) is 0.143. The number of piperazine rings is 1. The Hall–Kier alpha value is -4.92. The van der Waals surface area contributed by atoms with Gasteiger partial charge >= 0.3 is 0 Å². The van der Waals surface area contributed by atoms with Gasteiger partial charge in [0.1, 0.15) is 5.76 Å². The Labute approximate surface area is 213 Å². The first-order chi connectivity index (χ1) is 18.0. The molecule has 9 nitrogen and oxygen atoms in total. The van der Waals surface area contributed by atoms with Gasteiger partial charge in [-0.1, -0.05) is 30.3 Å². The number of anilines is 2. The number of nitrogens with zero attached hydrogens (tertiary/aromatic N) is 3. The summed E-state index contributed by atoms with van der Waals surface area (Å²) in [6.07, 6.45) is 0. The van der Waals surface area contributed by atoms with Crippen LogP contribution in [0.4, 0.5) is 17.1 Å². The predicted molar refractivity (Wildman–Crippen MR) is 140 cm³/mol. The molecule has 186 valence electrons. The molecule has 1 saturated heterocycles. The number of furan rings is 1. The summed E-state index contributed by atoms with van der Waals surface area (Å²) in [5.41, 5.74) is 2.79. The number of non-ortho nitro benzene ring substituents is 1. The first-order valence-corrected chi connectivity index (χ1v) is 11.8. The molecule has 0 atom stereocenters. The summed E-state index contributed by atoms with van der Waals surface area (Å²) in [4.78, 5) is 39.9. The maximum Gasteiger partial charge on any atom is 0.291 e. The largest absolute Gasteiger partial charge is 0.451 e. The zero-order valence-corrected chi connectivity index (χ0v) is 19.9. The summed E-state index contributed by atoms with van der Waals surface area (Å²) in [6, 6.07) is 26.0. The van der Waals surface area contributed by atoms with Crippen molar-refractivity contribution in [3.05, 3.63) is 112 Å². The highest BCUT2D eigenvalue weighted by atomic mass is 16.6. The van der Waals surface area contributed by atoms with Crippen LogP contribution in [0, 0.1) is 10.1 Å². The molecule has 0 bridgehead atoms. The lowest BCUT2D eigenvalue weighted by Gasteiger charge is -2.36. The number of hydrogen-bond acceptors (Lipinski definition) is 6. The van der Waals surface area contributed by atoms with E-state index in [0.29, 0.717) is 35.7 Å². The van der Waals surface area contributed by atoms with E-state index in [0.717, 1.165) is 18.8 Å². The number of nitro benzene ring substituents is 1. The molecule has 0 aliphatic carbocycles. The van der Waals surface area contributed by atoms with E-state index in [1.807, 2.05) is 59.5 Å². The van der Waals surface area contributed by atoms with Crippen LogP contribution in [0.1, 0.15) is 20.9 Å². The number of hydrogen-bond donors (Lipinski definition) is 1. The van der Waals surface area contributed by atoms with Crippen molar-refractivity contribution in [3.8, 4) is 11.3 Å². The van der Waals surface area contributed by atoms with Crippen molar-refractivity contribution in [2.24, 2.45) is 0 Å². The molecule has 1 fully saturated rings. The molecular weight excluding hydrogens is 472 g/mol. The van der Waals surface area contributed by atoms with Crippen molar-refractivity contribution < 1.29 is 18.9 Å². The van der Waals surface area contributed by atoms with Gasteiger partial charge in [0, 0.05) is 60.8 Å². The Morgan fingerprint density at radius 2 is 1.57 bits per heavy atom. The number of rotatable bonds is 6. The third kappa shape index (κ3) is 5.35. The van der Waals surface area contributed by atoms with Crippen molar-refractivity contribution in [2.75, 3.05) is 36.4 Å². The first kappa shape index (κ1) is 23.8. The van der Waals surface area contributed by atoms with E-state index in [9.17, 15) is 19.7 Å². The van der Waals surface area contributed by atoms with Crippen LogP contribution in [-0.2, 0) is 0 Å². The lowest BCUT2D eigenvalue weighted by atomic mass is 10.1. The summed E-state index contributed by atoms with van der Waals surface area (Å²) >= 11 is 0. The lowest BCUT2D eigenvalue weighted by Crippen LogP contribution is -2.48. The normalized spacial score (nSPS) is 13.3. The minimum absolute atomic E-state index is 0.0462. The number of nitrogens with one attached hydrogen (secondary N) is 1. The van der Waals surface area contributed by atoms with Gasteiger partial charge in [0.2, 0.25) is 0 Å². The topological polar surface area (TPSA) is 109 Å². The van der Waals surface area contributed by atoms with Crippen molar-refractivity contribution in [1.82, 2.24) is 4.90 Å². The Morgan fingerprint density at radius 1 is 0.838 bits per heavy atom. The van der Waals surface area contributed by atoms with E-state index in [1.165, 1.54) is 18.2 Å². The maximum atomic E-state index is 12.7. The number of amides is 2. The van der Waals surface area contributed by atoms with E-state index in [1.54, 1.807) is 18.2 Å². The minimum Gasteiger partial charge on any atom is -0.451 e. The van der Waals surface area contributed by atoms with Crippen molar-refractivity contribution >= 4 is 28.9 Å². The van der Waals surface area contributed by atoms with Crippen molar-refractivity contribution in [2.45, 2.75) is 0 Å². The smallest absolute Gasteiger partial charge is 0.291 e. The highest BCUT2D eigenvalue weighted by Gasteiger charge is 2.22. The van der Waals surface area contributed by atoms with Gasteiger partial charge in [-0.15, -0.1) is 0 Å². The highest BCUT2D eigenvalue weighted by molar-refractivity contribution is 6.02. The Bertz CT molecular complexity index is 1420. The fourth-order valence-electron chi connectivity index (χ4n) is 4.27. The van der Waals surface area contributed by atoms with Crippen LogP contribution < -0.4 is 10.2 Å². The van der Waals surface area contributed by atoms with Crippen LogP contribution in [0.25, 0.3) is 11.3 Å². The molecule has 1 aromatic heterocycles. The quantitative estimate of drug-likeness (QED) is 0.295. The van der Waals surface area contributed by atoms with Gasteiger partial charge in [-0.05, 0) is 48.5 Å². The molecule has 37 heavy (non-hydrogen) atoms. The van der Waals surface area contributed by atoms with Crippen LogP contribution in [0.3, 0.4) is 0 Å². The molecule has 1 aliphatic rings. The van der Waals surface area contributed by atoms with E-state index in [-0.39, 0.29) is 17.4 Å². The molecule has 9 heteroatoms. The average Bonchev–Trinajstić information content (AvgIpc) is 3.45. The van der Waals surface area contributed by atoms with Crippen LogP contribution in [-0.4, -0.2) is 47.8 Å². The molecule has 0 saturated carbocycles. The zero-order chi connectivity index (χ0) is 25.8. The molecule has 3 aromatic carbocycles. The second-order valence-corrected chi connectivity index (χ2v) is 8.62. The van der Waals surface area contributed by atoms with E-state index in [2.05, 4.69) is 10.2 Å². The molecule has 0 spiro atoms. The van der Waals surface area contributed by atoms with Crippen molar-refractivity contribution in [3.63, 3.8) is 0 Å². The molecule has 0 radical (unpaired) electrons. The predicted octanol–water partition coefficient (Wildman–Crippen LogP) is 5.07. The number of carbonyl (C=O) groups excluding carboxylic acids is 2. The van der Waals surface area contributed by atoms with Gasteiger partial charge in [-0.25, -0.2) is 0 Å². The Morgan fingerprint density at radius 3 is 2.27 bits per heavy atom. The third-order valence-electron chi connectivity index (χ3n) is 6.25. The molecular formula is C28H24N4O5. The van der Waals surface area contributed by atoms with E-state index >= 15 is 0 Å². The van der Waals surface area contributed by atoms with E-state index < -0.39 is 10.8 Å². The summed E-state index contributed by atoms with van der Waals surface area (Å²) in [7, 11) is 0. The first-order valence-electron chi connectivity index (χ1n) is 11.8. The molecule has 2 amide bonds. The van der Waals surface area contributed by atoms with Gasteiger partial charge in [-0.3, -0.25) is 19.7 Å². The summed E-state index contributed by atoms with van der Waals surface area (Å²) in [5.74, 6) is 0.0984. The third-order valence-corrected chi connectivity index (χ3v) is 6.25. The van der Waals surface area contributed by atoms with Gasteiger partial charge in [0.05, 0.1) is 4.92 Å². The Balaban J connectivity index is 1.17. The van der Waals surface area contributed by atoms with E-state index in [4.69, 9.17) is 4.42 Å². The molecule has 4 aromatic rings. The standard InChI is InChI=1S/C28H24N4O5/c33-27(26-14-13-25(37-26)21-7-4-8-24(19-21)32(35)36)29-22-9-11-23(12-10-22)30-15-17-31(18-16-30)28(34)20-5-2-1-3-6-20/h1-14,19H,15-18H2,(H,29,33). The maximum absolute atomic E-state index is 12.7. The summed E-state index contributed by atoms with van der Waals surface area (Å²) < 4.78 is 5.64.